The molecule has 0 radical (unpaired) electrons. The number of aromatic hydroxyl groups is 1. The number of phenols is 1. The van der Waals surface area contributed by atoms with Gasteiger partial charge in [0, 0.05) is 17.6 Å². The molecule has 0 saturated carbocycles. The van der Waals surface area contributed by atoms with Crippen LogP contribution in [0.2, 0.25) is 0 Å². The quantitative estimate of drug-likeness (QED) is 0.544. The summed E-state index contributed by atoms with van der Waals surface area (Å²) in [5, 5.41) is 22.4. The number of nitrogens with one attached hydrogen (secondary N) is 1. The topological polar surface area (TPSA) is 148 Å². The first-order valence-electron chi connectivity index (χ1n) is 6.34. The third-order valence-electron chi connectivity index (χ3n) is 2.82. The van der Waals surface area contributed by atoms with Gasteiger partial charge in [-0.2, -0.15) is 8.42 Å². The Morgan fingerprint density at radius 1 is 1.23 bits per heavy atom. The van der Waals surface area contributed by atoms with E-state index in [2.05, 4.69) is 9.50 Å². The van der Waals surface area contributed by atoms with Crippen molar-refractivity contribution in [2.75, 3.05) is 0 Å². The molecule has 8 nitrogen and oxygen atoms in total. The first kappa shape index (κ1) is 20.8. The molecule has 0 aromatic heterocycles. The van der Waals surface area contributed by atoms with E-state index < -0.39 is 17.0 Å². The van der Waals surface area contributed by atoms with Gasteiger partial charge in [0.05, 0.1) is 13.2 Å². The molecule has 1 rings (SSSR count). The van der Waals surface area contributed by atoms with E-state index in [4.69, 9.17) is 4.55 Å². The van der Waals surface area contributed by atoms with E-state index in [0.717, 1.165) is 0 Å². The Kier molecular flexibility index (Phi) is 7.42. The maximum absolute atomic E-state index is 10.7. The molecule has 1 aromatic rings. The van der Waals surface area contributed by atoms with Crippen molar-refractivity contribution in [2.45, 2.75) is 46.1 Å². The van der Waals surface area contributed by atoms with Crippen molar-refractivity contribution >= 4 is 10.4 Å². The second-order valence-electron chi connectivity index (χ2n) is 5.65. The second kappa shape index (κ2) is 7.86. The van der Waals surface area contributed by atoms with Crippen LogP contribution in [-0.2, 0) is 34.3 Å². The molecule has 0 aliphatic rings. The summed E-state index contributed by atoms with van der Waals surface area (Å²) >= 11 is 0. The van der Waals surface area contributed by atoms with Gasteiger partial charge in [-0.1, -0.05) is 6.07 Å². The average Bonchev–Trinajstić information content (AvgIpc) is 2.32. The van der Waals surface area contributed by atoms with E-state index >= 15 is 0 Å². The van der Waals surface area contributed by atoms with Gasteiger partial charge in [0.1, 0.15) is 5.75 Å². The molecule has 0 amide bonds. The van der Waals surface area contributed by atoms with Crippen LogP contribution in [0.3, 0.4) is 0 Å². The van der Waals surface area contributed by atoms with Crippen molar-refractivity contribution in [1.82, 2.24) is 5.32 Å². The summed E-state index contributed by atoms with van der Waals surface area (Å²) in [6.07, 6.45) is 0. The summed E-state index contributed by atoms with van der Waals surface area (Å²) < 4.78 is 34.4. The number of aliphatic hydroxyl groups is 1. The van der Waals surface area contributed by atoms with Gasteiger partial charge in [0.15, 0.2) is 0 Å². The smallest absolute Gasteiger partial charge is 0.397 e. The van der Waals surface area contributed by atoms with Crippen molar-refractivity contribution in [3.05, 3.63) is 28.8 Å². The minimum absolute atomic E-state index is 0. The van der Waals surface area contributed by atoms with Crippen LogP contribution in [0.1, 0.15) is 37.5 Å². The Labute approximate surface area is 130 Å². The fourth-order valence-electron chi connectivity index (χ4n) is 1.75. The number of aliphatic hydroxyl groups excluding tert-OH is 1. The summed E-state index contributed by atoms with van der Waals surface area (Å²) in [7, 11) is -4.56. The van der Waals surface area contributed by atoms with Gasteiger partial charge >= 0.3 is 10.4 Å². The number of hydrogen-bond acceptors (Lipinski definition) is 6. The monoisotopic (exact) mass is 337 g/mol. The third kappa shape index (κ3) is 6.69. The Morgan fingerprint density at radius 2 is 1.82 bits per heavy atom. The largest absolute Gasteiger partial charge is 0.508 e. The minimum Gasteiger partial charge on any atom is -0.508 e. The lowest BCUT2D eigenvalue weighted by molar-refractivity contribution is 0.255. The van der Waals surface area contributed by atoms with E-state index in [1.807, 2.05) is 20.8 Å². The molecule has 6 N–H and O–H groups in total. The molecule has 22 heavy (non-hydrogen) atoms. The first-order chi connectivity index (χ1) is 9.53. The summed E-state index contributed by atoms with van der Waals surface area (Å²) in [6, 6.07) is 2.83. The lowest BCUT2D eigenvalue weighted by Crippen LogP contribution is -2.35. The molecule has 0 spiro atoms. The zero-order chi connectivity index (χ0) is 16.3. The molecule has 0 saturated heterocycles. The van der Waals surface area contributed by atoms with Crippen LogP contribution in [0, 0.1) is 0 Å². The Hall–Kier alpha value is -1.23. The molecule has 1 aromatic carbocycles. The SMILES string of the molecule is CC(C)(C)NCc1c(COS(=O)(=O)O)ccc(O)c1CO.O. The van der Waals surface area contributed by atoms with Crippen LogP contribution < -0.4 is 5.32 Å². The molecule has 0 atom stereocenters. The van der Waals surface area contributed by atoms with Crippen LogP contribution in [0.5, 0.6) is 5.75 Å². The van der Waals surface area contributed by atoms with Gasteiger partial charge in [-0.3, -0.25) is 4.55 Å². The summed E-state index contributed by atoms with van der Waals surface area (Å²) in [5.74, 6) is -0.0844. The molecule has 9 heteroatoms. The van der Waals surface area contributed by atoms with E-state index in [-0.39, 0.29) is 23.4 Å². The molecular formula is C13H23NO7S. The van der Waals surface area contributed by atoms with Gasteiger partial charge in [-0.15, -0.1) is 0 Å². The van der Waals surface area contributed by atoms with Crippen LogP contribution in [0.4, 0.5) is 0 Å². The standard InChI is InChI=1S/C13H21NO6S.H2O/c1-13(2,3)14-6-10-9(8-20-21(17,18)19)4-5-12(16)11(10)7-15;/h4-5,14-16H,6-8H2,1-3H3,(H,17,18,19);1H2. The normalized spacial score (nSPS) is 12.0. The highest BCUT2D eigenvalue weighted by atomic mass is 32.3. The fourth-order valence-corrected chi connectivity index (χ4v) is 2.03. The summed E-state index contributed by atoms with van der Waals surface area (Å²) in [6.45, 7) is 5.37. The molecule has 0 heterocycles. The zero-order valence-corrected chi connectivity index (χ0v) is 13.6. The summed E-state index contributed by atoms with van der Waals surface area (Å²) in [4.78, 5) is 0. The minimum atomic E-state index is -4.56. The molecule has 0 aliphatic carbocycles. The summed E-state index contributed by atoms with van der Waals surface area (Å²) in [5.41, 5.74) is 1.07. The Morgan fingerprint density at radius 3 is 2.27 bits per heavy atom. The first-order valence-corrected chi connectivity index (χ1v) is 7.70. The van der Waals surface area contributed by atoms with Crippen molar-refractivity contribution in [1.29, 1.82) is 0 Å². The number of benzene rings is 1. The van der Waals surface area contributed by atoms with Crippen LogP contribution in [0.15, 0.2) is 12.1 Å². The van der Waals surface area contributed by atoms with E-state index in [9.17, 15) is 18.6 Å². The van der Waals surface area contributed by atoms with Crippen LogP contribution in [-0.4, -0.2) is 34.2 Å². The van der Waals surface area contributed by atoms with Gasteiger partial charge in [0.2, 0.25) is 0 Å². The van der Waals surface area contributed by atoms with E-state index in [1.54, 1.807) is 0 Å². The van der Waals surface area contributed by atoms with Crippen molar-refractivity contribution in [3.8, 4) is 5.75 Å². The fraction of sp³-hybridized carbons (Fsp3) is 0.538. The maximum Gasteiger partial charge on any atom is 0.397 e. The number of rotatable bonds is 6. The third-order valence-corrected chi connectivity index (χ3v) is 3.24. The van der Waals surface area contributed by atoms with Gasteiger partial charge < -0.3 is 21.0 Å². The molecule has 128 valence electrons. The lowest BCUT2D eigenvalue weighted by atomic mass is 9.99. The van der Waals surface area contributed by atoms with Crippen molar-refractivity contribution < 1.29 is 32.8 Å². The van der Waals surface area contributed by atoms with Crippen molar-refractivity contribution in [3.63, 3.8) is 0 Å². The van der Waals surface area contributed by atoms with Gasteiger partial charge in [0.25, 0.3) is 0 Å². The Bertz CT molecular complexity index is 593. The molecule has 0 unspecified atom stereocenters. The highest BCUT2D eigenvalue weighted by molar-refractivity contribution is 7.80. The van der Waals surface area contributed by atoms with E-state index in [1.165, 1.54) is 12.1 Å². The zero-order valence-electron chi connectivity index (χ0n) is 12.8. The number of hydrogen-bond donors (Lipinski definition) is 4. The molecule has 0 bridgehead atoms. The molecule has 0 fully saturated rings. The molecular weight excluding hydrogens is 314 g/mol. The highest BCUT2D eigenvalue weighted by Crippen LogP contribution is 2.26. The molecule has 0 aliphatic heterocycles. The van der Waals surface area contributed by atoms with Crippen LogP contribution >= 0.6 is 0 Å². The lowest BCUT2D eigenvalue weighted by Gasteiger charge is -2.23. The Balaban J connectivity index is 0.00000441. The van der Waals surface area contributed by atoms with Crippen LogP contribution in [0.25, 0.3) is 0 Å². The predicted molar refractivity (Wildman–Crippen MR) is 80.6 cm³/mol. The second-order valence-corrected chi connectivity index (χ2v) is 6.74. The predicted octanol–water partition coefficient (Wildman–Crippen LogP) is 0.267. The van der Waals surface area contributed by atoms with Gasteiger partial charge in [-0.25, -0.2) is 4.18 Å². The maximum atomic E-state index is 10.7. The highest BCUT2D eigenvalue weighted by Gasteiger charge is 2.17. The van der Waals surface area contributed by atoms with Crippen molar-refractivity contribution in [2.24, 2.45) is 0 Å². The average molecular weight is 337 g/mol. The van der Waals surface area contributed by atoms with E-state index in [0.29, 0.717) is 23.2 Å². The van der Waals surface area contributed by atoms with Gasteiger partial charge in [-0.05, 0) is 38.0 Å².